The minimum absolute atomic E-state index is 0.110. The molecule has 0 aromatic rings. The van der Waals surface area contributed by atoms with Crippen molar-refractivity contribution < 1.29 is 9.59 Å². The maximum atomic E-state index is 12.7. The third-order valence-electron chi connectivity index (χ3n) is 9.29. The Kier molecular flexibility index (Phi) is 5.59. The van der Waals surface area contributed by atoms with Gasteiger partial charge in [0.1, 0.15) is 0 Å². The maximum absolute atomic E-state index is 12.7. The summed E-state index contributed by atoms with van der Waals surface area (Å²) in [5, 5.41) is 0. The fourth-order valence-corrected chi connectivity index (χ4v) is 7.58. The van der Waals surface area contributed by atoms with E-state index >= 15 is 0 Å². The van der Waals surface area contributed by atoms with Crippen molar-refractivity contribution >= 4 is 11.7 Å². The van der Waals surface area contributed by atoms with Gasteiger partial charge in [-0.2, -0.15) is 0 Å². The van der Waals surface area contributed by atoms with Gasteiger partial charge in [0.25, 0.3) is 0 Å². The Bertz CT molecular complexity index is 697. The summed E-state index contributed by atoms with van der Waals surface area (Å²) in [6.45, 7) is 12.4. The molecular weight excluding hydrogens is 360 g/mol. The van der Waals surface area contributed by atoms with Crippen molar-refractivity contribution in [1.29, 1.82) is 0 Å². The molecular formula is C25H40N2O2. The van der Waals surface area contributed by atoms with Crippen LogP contribution in [0.1, 0.15) is 79.1 Å². The highest BCUT2D eigenvalue weighted by Gasteiger charge is 2.57. The lowest BCUT2D eigenvalue weighted by Crippen LogP contribution is -2.57. The molecule has 0 spiro atoms. The number of hydrogen-bond donors (Lipinski definition) is 0. The van der Waals surface area contributed by atoms with Gasteiger partial charge in [0, 0.05) is 56.2 Å². The Morgan fingerprint density at radius 2 is 1.90 bits per heavy atom. The zero-order valence-electron chi connectivity index (χ0n) is 19.0. The number of allylic oxidation sites excluding steroid dienone is 2. The molecule has 3 aliphatic carbocycles. The summed E-state index contributed by atoms with van der Waals surface area (Å²) in [6.07, 6.45) is 11.0. The minimum Gasteiger partial charge on any atom is -0.373 e. The first kappa shape index (κ1) is 20.9. The molecule has 5 atom stereocenters. The molecule has 0 radical (unpaired) electrons. The number of hydrogen-bond acceptors (Lipinski definition) is 3. The van der Waals surface area contributed by atoms with E-state index in [1.807, 2.05) is 11.0 Å². The summed E-state index contributed by atoms with van der Waals surface area (Å²) in [5.74, 6) is 2.76. The monoisotopic (exact) mass is 400 g/mol. The normalized spacial score (nSPS) is 38.8. The smallest absolute Gasteiger partial charge is 0.224 e. The number of likely N-dealkylation sites (tertiary alicyclic amines) is 1. The van der Waals surface area contributed by atoms with Gasteiger partial charge in [-0.15, -0.1) is 0 Å². The second kappa shape index (κ2) is 7.74. The van der Waals surface area contributed by atoms with E-state index < -0.39 is 0 Å². The standard InChI is InChI=1S/C25H40N2O2/c1-5-26(6-2)23(29)11-15-27-17-19-20-8-7-12-24(20,3)13-10-21(19)25(4)14-9-18(28)16-22(25)27/h16,19-21H,5-15,17H2,1-4H3/t19-,20-,21-,24-,25+/m0/s1. The highest BCUT2D eigenvalue weighted by Crippen LogP contribution is 2.63. The SMILES string of the molecule is CCN(CC)C(=O)CCN1C[C@H]2[C@@H]3CCC[C@@]3(C)CC[C@@H]2[C@@]2(C)CCC(=O)C=C12. The summed E-state index contributed by atoms with van der Waals surface area (Å²) in [4.78, 5) is 29.4. The fourth-order valence-electron chi connectivity index (χ4n) is 7.58. The van der Waals surface area contributed by atoms with Gasteiger partial charge in [-0.1, -0.05) is 20.3 Å². The summed E-state index contributed by atoms with van der Waals surface area (Å²) < 4.78 is 0. The number of carbonyl (C=O) groups is 2. The summed E-state index contributed by atoms with van der Waals surface area (Å²) in [7, 11) is 0. The van der Waals surface area contributed by atoms with E-state index in [9.17, 15) is 9.59 Å². The number of carbonyl (C=O) groups excluding carboxylic acids is 2. The second-order valence-electron chi connectivity index (χ2n) is 10.6. The van der Waals surface area contributed by atoms with Crippen molar-refractivity contribution in [1.82, 2.24) is 9.80 Å². The van der Waals surface area contributed by atoms with Crippen LogP contribution in [0.25, 0.3) is 0 Å². The van der Waals surface area contributed by atoms with Gasteiger partial charge in [-0.05, 0) is 69.1 Å². The number of rotatable bonds is 5. The van der Waals surface area contributed by atoms with Crippen molar-refractivity contribution in [3.8, 4) is 0 Å². The van der Waals surface area contributed by atoms with Crippen molar-refractivity contribution in [3.05, 3.63) is 11.8 Å². The van der Waals surface area contributed by atoms with Crippen LogP contribution in [-0.4, -0.2) is 47.7 Å². The number of piperidine rings is 1. The van der Waals surface area contributed by atoms with Crippen LogP contribution in [0, 0.1) is 28.6 Å². The number of fused-ring (bicyclic) bond motifs is 5. The highest BCUT2D eigenvalue weighted by molar-refractivity contribution is 5.91. The van der Waals surface area contributed by atoms with Gasteiger partial charge in [0.15, 0.2) is 5.78 Å². The molecule has 29 heavy (non-hydrogen) atoms. The quantitative estimate of drug-likeness (QED) is 0.675. The molecule has 4 nitrogen and oxygen atoms in total. The topological polar surface area (TPSA) is 40.6 Å². The zero-order valence-corrected chi connectivity index (χ0v) is 19.0. The van der Waals surface area contributed by atoms with Crippen LogP contribution in [0.2, 0.25) is 0 Å². The van der Waals surface area contributed by atoms with E-state index in [2.05, 4.69) is 32.6 Å². The molecule has 0 bridgehead atoms. The molecule has 162 valence electrons. The lowest BCUT2D eigenvalue weighted by atomic mass is 9.50. The van der Waals surface area contributed by atoms with Gasteiger partial charge in [0.2, 0.25) is 5.91 Å². The van der Waals surface area contributed by atoms with Crippen LogP contribution < -0.4 is 0 Å². The van der Waals surface area contributed by atoms with Gasteiger partial charge < -0.3 is 9.80 Å². The maximum Gasteiger partial charge on any atom is 0.224 e. The molecule has 4 heteroatoms. The Balaban J connectivity index is 1.60. The molecule has 1 aliphatic heterocycles. The Hall–Kier alpha value is -1.32. The van der Waals surface area contributed by atoms with Gasteiger partial charge >= 0.3 is 0 Å². The van der Waals surface area contributed by atoms with E-state index in [-0.39, 0.29) is 17.1 Å². The molecule has 1 saturated heterocycles. The zero-order chi connectivity index (χ0) is 20.8. The van der Waals surface area contributed by atoms with Gasteiger partial charge in [-0.25, -0.2) is 0 Å². The van der Waals surface area contributed by atoms with Crippen LogP contribution in [0.3, 0.4) is 0 Å². The molecule has 2 saturated carbocycles. The molecule has 4 aliphatic rings. The average Bonchev–Trinajstić information content (AvgIpc) is 3.10. The third kappa shape index (κ3) is 3.45. The number of amides is 1. The molecule has 1 amide bonds. The molecule has 0 N–H and O–H groups in total. The Labute approximate surface area is 177 Å². The first-order valence-electron chi connectivity index (χ1n) is 12.1. The number of ketones is 1. The van der Waals surface area contributed by atoms with Gasteiger partial charge in [-0.3, -0.25) is 9.59 Å². The van der Waals surface area contributed by atoms with Crippen LogP contribution in [0.4, 0.5) is 0 Å². The lowest BCUT2D eigenvalue weighted by Gasteiger charge is -2.60. The predicted octanol–water partition coefficient (Wildman–Crippen LogP) is 4.65. The van der Waals surface area contributed by atoms with E-state index in [0.717, 1.165) is 44.4 Å². The van der Waals surface area contributed by atoms with Crippen molar-refractivity contribution in [2.24, 2.45) is 28.6 Å². The molecule has 0 aromatic heterocycles. The summed E-state index contributed by atoms with van der Waals surface area (Å²) in [5.41, 5.74) is 1.88. The Morgan fingerprint density at radius 3 is 2.62 bits per heavy atom. The fraction of sp³-hybridized carbons (Fsp3) is 0.840. The summed E-state index contributed by atoms with van der Waals surface area (Å²) >= 11 is 0. The van der Waals surface area contributed by atoms with E-state index in [1.54, 1.807) is 0 Å². The molecule has 0 unspecified atom stereocenters. The van der Waals surface area contributed by atoms with Crippen molar-refractivity contribution in [3.63, 3.8) is 0 Å². The second-order valence-corrected chi connectivity index (χ2v) is 10.6. The van der Waals surface area contributed by atoms with Crippen molar-refractivity contribution in [2.45, 2.75) is 79.1 Å². The van der Waals surface area contributed by atoms with Crippen LogP contribution in [0.15, 0.2) is 11.8 Å². The van der Waals surface area contributed by atoms with Crippen LogP contribution >= 0.6 is 0 Å². The molecule has 1 heterocycles. The molecule has 4 rings (SSSR count). The van der Waals surface area contributed by atoms with Crippen molar-refractivity contribution in [2.75, 3.05) is 26.2 Å². The van der Waals surface area contributed by atoms with Crippen LogP contribution in [0.5, 0.6) is 0 Å². The Morgan fingerprint density at radius 1 is 1.14 bits per heavy atom. The van der Waals surface area contributed by atoms with E-state index in [4.69, 9.17) is 0 Å². The number of nitrogens with zero attached hydrogens (tertiary/aromatic N) is 2. The average molecular weight is 401 g/mol. The summed E-state index contributed by atoms with van der Waals surface area (Å²) in [6, 6.07) is 0. The minimum atomic E-state index is 0.110. The largest absolute Gasteiger partial charge is 0.373 e. The molecule has 0 aromatic carbocycles. The first-order chi connectivity index (χ1) is 13.8. The third-order valence-corrected chi connectivity index (χ3v) is 9.29. The van der Waals surface area contributed by atoms with Gasteiger partial charge in [0.05, 0.1) is 0 Å². The first-order valence-corrected chi connectivity index (χ1v) is 12.1. The van der Waals surface area contributed by atoms with E-state index in [0.29, 0.717) is 24.2 Å². The lowest BCUT2D eigenvalue weighted by molar-refractivity contribution is -0.131. The highest BCUT2D eigenvalue weighted by atomic mass is 16.2. The predicted molar refractivity (Wildman–Crippen MR) is 116 cm³/mol. The molecule has 3 fully saturated rings. The van der Waals surface area contributed by atoms with Crippen LogP contribution in [-0.2, 0) is 9.59 Å². The van der Waals surface area contributed by atoms with E-state index in [1.165, 1.54) is 37.8 Å².